The van der Waals surface area contributed by atoms with Crippen LogP contribution in [0.3, 0.4) is 0 Å². The van der Waals surface area contributed by atoms with Crippen LogP contribution in [0.2, 0.25) is 0 Å². The highest BCUT2D eigenvalue weighted by molar-refractivity contribution is 6.88. The molecule has 0 fully saturated rings. The van der Waals surface area contributed by atoms with Gasteiger partial charge in [-0.1, -0.05) is 47.0 Å². The molecule has 4 nitrogen and oxygen atoms in total. The summed E-state index contributed by atoms with van der Waals surface area (Å²) >= 11 is 19.5. The van der Waals surface area contributed by atoms with Crippen molar-refractivity contribution in [3.8, 4) is 0 Å². The standard InChI is InChI=1S/C7H12O2.C5H10O.C2Cl4O/c1-4-6(3)7(8)9-5-2;1-3-5-6-4-2;3-1(7)2(4,5)6/h4H,5H2,1-3H3;3,5H,4H2,1-2H3;/b6-4+;;. The molecule has 0 aliphatic heterocycles. The van der Waals surface area contributed by atoms with Crippen LogP contribution in [0, 0.1) is 0 Å². The van der Waals surface area contributed by atoms with Crippen LogP contribution in [0.25, 0.3) is 0 Å². The molecule has 0 saturated carbocycles. The minimum absolute atomic E-state index is 0.222. The van der Waals surface area contributed by atoms with E-state index in [1.165, 1.54) is 0 Å². The SMILES string of the molecule is C/C=C(\C)C(=O)OCC.CC=COCC.O=C(Cl)C(Cl)(Cl)Cl. The van der Waals surface area contributed by atoms with Crippen LogP contribution >= 0.6 is 46.4 Å². The first-order chi connectivity index (χ1) is 10.1. The second-order valence-corrected chi connectivity index (χ2v) is 6.01. The van der Waals surface area contributed by atoms with Gasteiger partial charge in [-0.15, -0.1) is 0 Å². The zero-order valence-electron chi connectivity index (χ0n) is 13.3. The lowest BCUT2D eigenvalue weighted by molar-refractivity contribution is -0.138. The maximum Gasteiger partial charge on any atom is 0.333 e. The van der Waals surface area contributed by atoms with E-state index in [1.807, 2.05) is 26.8 Å². The van der Waals surface area contributed by atoms with Gasteiger partial charge in [0.15, 0.2) is 0 Å². The first kappa shape index (κ1) is 26.5. The Labute approximate surface area is 152 Å². The molecule has 0 rings (SSSR count). The number of carbonyl (C=O) groups is 2. The van der Waals surface area contributed by atoms with Gasteiger partial charge in [0.25, 0.3) is 9.03 Å². The van der Waals surface area contributed by atoms with Crippen molar-refractivity contribution in [2.45, 2.75) is 38.4 Å². The molecule has 0 amide bonds. The van der Waals surface area contributed by atoms with Crippen molar-refractivity contribution in [3.05, 3.63) is 24.0 Å². The Kier molecular flexibility index (Phi) is 20.4. The summed E-state index contributed by atoms with van der Waals surface area (Å²) in [5, 5.41) is -0.988. The van der Waals surface area contributed by atoms with Crippen molar-refractivity contribution >= 4 is 57.6 Å². The first-order valence-corrected chi connectivity index (χ1v) is 7.88. The molecule has 0 aliphatic carbocycles. The summed E-state index contributed by atoms with van der Waals surface area (Å²) in [6, 6.07) is 0. The minimum atomic E-state index is -1.96. The first-order valence-electron chi connectivity index (χ1n) is 6.37. The Bertz CT molecular complexity index is 360. The monoisotopic (exact) mass is 394 g/mol. The number of hydrogen-bond acceptors (Lipinski definition) is 4. The topological polar surface area (TPSA) is 52.6 Å². The van der Waals surface area contributed by atoms with Crippen LogP contribution in [0.4, 0.5) is 0 Å². The number of alkyl halides is 3. The molecule has 130 valence electrons. The van der Waals surface area contributed by atoms with Crippen LogP contribution in [0.1, 0.15) is 34.6 Å². The Hall–Kier alpha value is -0.420. The summed E-state index contributed by atoms with van der Waals surface area (Å²) < 4.78 is 7.53. The largest absolute Gasteiger partial charge is 0.502 e. The molecule has 0 atom stereocenters. The normalized spacial score (nSPS) is 10.9. The van der Waals surface area contributed by atoms with Gasteiger partial charge in [-0.25, -0.2) is 4.79 Å². The number of rotatable bonds is 4. The summed E-state index contributed by atoms with van der Waals surface area (Å²) in [6.45, 7) is 10.4. The van der Waals surface area contributed by atoms with Crippen molar-refractivity contribution in [1.82, 2.24) is 0 Å². The highest BCUT2D eigenvalue weighted by Gasteiger charge is 2.27. The third-order valence-corrected chi connectivity index (χ3v) is 2.74. The van der Waals surface area contributed by atoms with Crippen LogP contribution in [-0.4, -0.2) is 28.2 Å². The number of halogens is 4. The fraction of sp³-hybridized carbons (Fsp3) is 0.571. The number of allylic oxidation sites excluding steroid dienone is 2. The fourth-order valence-corrected chi connectivity index (χ4v) is 0.555. The Balaban J connectivity index is -0.000000252. The van der Waals surface area contributed by atoms with Crippen molar-refractivity contribution in [2.75, 3.05) is 13.2 Å². The van der Waals surface area contributed by atoms with Gasteiger partial charge in [-0.05, 0) is 46.2 Å². The fourth-order valence-electron chi connectivity index (χ4n) is 0.555. The molecule has 0 unspecified atom stereocenters. The molecule has 0 bridgehead atoms. The van der Waals surface area contributed by atoms with E-state index in [1.54, 1.807) is 26.2 Å². The second-order valence-electron chi connectivity index (χ2n) is 3.39. The molecule has 0 radical (unpaired) electrons. The van der Waals surface area contributed by atoms with Crippen molar-refractivity contribution in [2.24, 2.45) is 0 Å². The second kappa shape index (κ2) is 16.9. The van der Waals surface area contributed by atoms with Crippen molar-refractivity contribution in [1.29, 1.82) is 0 Å². The van der Waals surface area contributed by atoms with Gasteiger partial charge in [-0.2, -0.15) is 0 Å². The summed E-state index contributed by atoms with van der Waals surface area (Å²) in [7, 11) is 0. The van der Waals surface area contributed by atoms with E-state index in [-0.39, 0.29) is 5.97 Å². The molecule has 0 spiro atoms. The predicted molar refractivity (Wildman–Crippen MR) is 93.7 cm³/mol. The van der Waals surface area contributed by atoms with Crippen LogP contribution in [-0.2, 0) is 19.1 Å². The van der Waals surface area contributed by atoms with E-state index < -0.39 is 9.03 Å². The lowest BCUT2D eigenvalue weighted by Gasteiger charge is -1.99. The van der Waals surface area contributed by atoms with Gasteiger partial charge in [-0.3, -0.25) is 4.79 Å². The number of esters is 1. The maximum absolute atomic E-state index is 10.7. The van der Waals surface area contributed by atoms with E-state index >= 15 is 0 Å². The zero-order chi connectivity index (χ0) is 18.2. The zero-order valence-corrected chi connectivity index (χ0v) is 16.3. The lowest BCUT2D eigenvalue weighted by atomic mass is 10.3. The molecule has 0 heterocycles. The van der Waals surface area contributed by atoms with Crippen molar-refractivity contribution < 1.29 is 19.1 Å². The molecule has 0 saturated heterocycles. The summed E-state index contributed by atoms with van der Waals surface area (Å²) in [4.78, 5) is 20.5. The molecule has 22 heavy (non-hydrogen) atoms. The maximum atomic E-state index is 10.7. The number of hydrogen-bond donors (Lipinski definition) is 0. The Morgan fingerprint density at radius 3 is 1.73 bits per heavy atom. The molecule has 0 aliphatic rings. The van der Waals surface area contributed by atoms with E-state index in [9.17, 15) is 9.59 Å². The van der Waals surface area contributed by atoms with Gasteiger partial charge >= 0.3 is 5.97 Å². The minimum Gasteiger partial charge on any atom is -0.502 e. The van der Waals surface area contributed by atoms with Crippen LogP contribution in [0.5, 0.6) is 0 Å². The van der Waals surface area contributed by atoms with Gasteiger partial charge in [0, 0.05) is 5.57 Å². The molecule has 0 aromatic carbocycles. The highest BCUT2D eigenvalue weighted by Crippen LogP contribution is 2.28. The highest BCUT2D eigenvalue weighted by atomic mass is 35.6. The Morgan fingerprint density at radius 2 is 1.55 bits per heavy atom. The smallest absolute Gasteiger partial charge is 0.333 e. The summed E-state index contributed by atoms with van der Waals surface area (Å²) in [5.74, 6) is -0.222. The van der Waals surface area contributed by atoms with Crippen LogP contribution < -0.4 is 0 Å². The average Bonchev–Trinajstić information content (AvgIpc) is 2.44. The van der Waals surface area contributed by atoms with Gasteiger partial charge in [0.1, 0.15) is 0 Å². The van der Waals surface area contributed by atoms with Gasteiger partial charge in [0.2, 0.25) is 0 Å². The number of ether oxygens (including phenoxy) is 2. The molecular weight excluding hydrogens is 374 g/mol. The Morgan fingerprint density at radius 1 is 1.09 bits per heavy atom. The third-order valence-electron chi connectivity index (χ3n) is 1.65. The predicted octanol–water partition coefficient (Wildman–Crippen LogP) is 5.19. The molecule has 8 heteroatoms. The molecular formula is C14H22Cl4O4. The molecule has 0 aromatic heterocycles. The van der Waals surface area contributed by atoms with Gasteiger partial charge < -0.3 is 9.47 Å². The average molecular weight is 396 g/mol. The van der Waals surface area contributed by atoms with E-state index in [4.69, 9.17) is 51.1 Å². The molecule has 0 N–H and O–H groups in total. The quantitative estimate of drug-likeness (QED) is 0.216. The lowest BCUT2D eigenvalue weighted by Crippen LogP contribution is -2.10. The number of carbonyl (C=O) groups excluding carboxylic acids is 2. The van der Waals surface area contributed by atoms with E-state index in [2.05, 4.69) is 4.74 Å². The van der Waals surface area contributed by atoms with E-state index in [0.717, 1.165) is 6.61 Å². The van der Waals surface area contributed by atoms with E-state index in [0.29, 0.717) is 12.2 Å². The van der Waals surface area contributed by atoms with Crippen molar-refractivity contribution in [3.63, 3.8) is 0 Å². The molecule has 0 aromatic rings. The third kappa shape index (κ3) is 21.9. The summed E-state index contributed by atoms with van der Waals surface area (Å²) in [6.07, 6.45) is 5.28. The summed E-state index contributed by atoms with van der Waals surface area (Å²) in [5.41, 5.74) is 0.664. The van der Waals surface area contributed by atoms with Gasteiger partial charge in [0.05, 0.1) is 19.5 Å². The van der Waals surface area contributed by atoms with Crippen LogP contribution in [0.15, 0.2) is 24.0 Å².